The van der Waals surface area contributed by atoms with Gasteiger partial charge < -0.3 is 4.74 Å². The fourth-order valence-corrected chi connectivity index (χ4v) is 4.80. The maximum atomic E-state index is 13.0. The molecule has 2 atom stereocenters. The molecular weight excluding hydrogens is 396 g/mol. The van der Waals surface area contributed by atoms with Crippen LogP contribution >= 0.6 is 22.9 Å². The van der Waals surface area contributed by atoms with Gasteiger partial charge in [-0.2, -0.15) is 0 Å². The van der Waals surface area contributed by atoms with Gasteiger partial charge in [0.05, 0.1) is 11.7 Å². The molecule has 3 aromatic rings. The zero-order valence-electron chi connectivity index (χ0n) is 15.6. The molecule has 1 fully saturated rings. The standard InChI is InChI=1S/C21H21ClN2O3S/c1-13-3-2-4-16(9-13)27-18(25)10-24-12-23-20-19(21(24)26)17(11-28-20)14-5-7-15(22)8-6-14/h5-8,11-13,16H,2-4,9-10H2,1H3/t13-,16+/m1/s1. The van der Waals surface area contributed by atoms with Gasteiger partial charge in [0.1, 0.15) is 17.5 Å². The third-order valence-corrected chi connectivity index (χ3v) is 6.34. The van der Waals surface area contributed by atoms with Gasteiger partial charge in [0.25, 0.3) is 5.56 Å². The van der Waals surface area contributed by atoms with Crippen LogP contribution in [0, 0.1) is 5.92 Å². The molecule has 0 radical (unpaired) electrons. The summed E-state index contributed by atoms with van der Waals surface area (Å²) in [4.78, 5) is 30.4. The Kier molecular flexibility index (Phi) is 5.51. The van der Waals surface area contributed by atoms with Crippen molar-refractivity contribution in [3.63, 3.8) is 0 Å². The molecule has 1 aromatic carbocycles. The Hall–Kier alpha value is -2.18. The minimum absolute atomic E-state index is 0.0468. The average Bonchev–Trinajstić information content (AvgIpc) is 3.09. The Balaban J connectivity index is 1.59. The van der Waals surface area contributed by atoms with Gasteiger partial charge >= 0.3 is 5.97 Å². The largest absolute Gasteiger partial charge is 0.461 e. The molecular formula is C21H21ClN2O3S. The summed E-state index contributed by atoms with van der Waals surface area (Å²) >= 11 is 7.38. The van der Waals surface area contributed by atoms with Crippen LogP contribution in [0.2, 0.25) is 5.02 Å². The molecule has 2 aromatic heterocycles. The summed E-state index contributed by atoms with van der Waals surface area (Å²) in [6.07, 6.45) is 5.43. The number of rotatable bonds is 4. The summed E-state index contributed by atoms with van der Waals surface area (Å²) in [6.45, 7) is 2.06. The van der Waals surface area contributed by atoms with Crippen LogP contribution in [0.1, 0.15) is 32.6 Å². The molecule has 0 bridgehead atoms. The highest BCUT2D eigenvalue weighted by atomic mass is 35.5. The van der Waals surface area contributed by atoms with E-state index in [1.54, 1.807) is 12.1 Å². The highest BCUT2D eigenvalue weighted by Gasteiger charge is 2.23. The quantitative estimate of drug-likeness (QED) is 0.567. The second-order valence-corrected chi connectivity index (χ2v) is 8.69. The fraction of sp³-hybridized carbons (Fsp3) is 0.381. The maximum Gasteiger partial charge on any atom is 0.326 e. The summed E-state index contributed by atoms with van der Waals surface area (Å²) < 4.78 is 6.94. The summed E-state index contributed by atoms with van der Waals surface area (Å²) in [5.41, 5.74) is 1.47. The lowest BCUT2D eigenvalue weighted by molar-refractivity contribution is -0.152. The highest BCUT2D eigenvalue weighted by Crippen LogP contribution is 2.31. The van der Waals surface area contributed by atoms with E-state index in [-0.39, 0.29) is 24.2 Å². The van der Waals surface area contributed by atoms with E-state index in [0.29, 0.717) is 21.2 Å². The fourth-order valence-electron chi connectivity index (χ4n) is 3.77. The van der Waals surface area contributed by atoms with Gasteiger partial charge in [-0.1, -0.05) is 37.1 Å². The van der Waals surface area contributed by atoms with Crippen LogP contribution in [-0.4, -0.2) is 21.6 Å². The van der Waals surface area contributed by atoms with Crippen LogP contribution in [0.15, 0.2) is 40.8 Å². The van der Waals surface area contributed by atoms with Gasteiger partial charge in [-0.15, -0.1) is 11.3 Å². The molecule has 0 aliphatic heterocycles. The monoisotopic (exact) mass is 416 g/mol. The van der Waals surface area contributed by atoms with E-state index in [4.69, 9.17) is 16.3 Å². The van der Waals surface area contributed by atoms with Crippen molar-refractivity contribution in [1.29, 1.82) is 0 Å². The van der Waals surface area contributed by atoms with Crippen molar-refractivity contribution in [2.24, 2.45) is 5.92 Å². The molecule has 28 heavy (non-hydrogen) atoms. The first-order chi connectivity index (χ1) is 13.5. The number of nitrogens with zero attached hydrogens (tertiary/aromatic N) is 2. The molecule has 5 nitrogen and oxygen atoms in total. The van der Waals surface area contributed by atoms with Crippen molar-refractivity contribution in [2.45, 2.75) is 45.3 Å². The Labute approximate surface area is 171 Å². The molecule has 1 aliphatic rings. The van der Waals surface area contributed by atoms with E-state index in [2.05, 4.69) is 11.9 Å². The van der Waals surface area contributed by atoms with Crippen molar-refractivity contribution in [3.8, 4) is 11.1 Å². The lowest BCUT2D eigenvalue weighted by atomic mass is 9.89. The minimum atomic E-state index is -0.384. The molecule has 2 heterocycles. The number of hydrogen-bond acceptors (Lipinski definition) is 5. The first kappa shape index (κ1) is 19.2. The number of fused-ring (bicyclic) bond motifs is 1. The van der Waals surface area contributed by atoms with Crippen molar-refractivity contribution in [1.82, 2.24) is 9.55 Å². The first-order valence-corrected chi connectivity index (χ1v) is 10.7. The first-order valence-electron chi connectivity index (χ1n) is 9.43. The van der Waals surface area contributed by atoms with Crippen molar-refractivity contribution in [2.75, 3.05) is 0 Å². The number of thiophene rings is 1. The Morgan fingerprint density at radius 3 is 2.86 bits per heavy atom. The van der Waals surface area contributed by atoms with Gasteiger partial charge in [0, 0.05) is 16.0 Å². The number of aromatic nitrogens is 2. The summed E-state index contributed by atoms with van der Waals surface area (Å²) in [7, 11) is 0. The predicted molar refractivity (Wildman–Crippen MR) is 112 cm³/mol. The molecule has 0 spiro atoms. The Morgan fingerprint density at radius 1 is 1.32 bits per heavy atom. The number of halogens is 1. The number of carbonyl (C=O) groups is 1. The molecule has 0 saturated heterocycles. The third kappa shape index (κ3) is 3.98. The van der Waals surface area contributed by atoms with E-state index < -0.39 is 0 Å². The topological polar surface area (TPSA) is 61.2 Å². The second kappa shape index (κ2) is 8.05. The summed E-state index contributed by atoms with van der Waals surface area (Å²) in [5.74, 6) is 0.186. The van der Waals surface area contributed by atoms with E-state index in [1.807, 2.05) is 17.5 Å². The average molecular weight is 417 g/mol. The minimum Gasteiger partial charge on any atom is -0.461 e. The van der Waals surface area contributed by atoms with Crippen LogP contribution in [0.25, 0.3) is 21.3 Å². The van der Waals surface area contributed by atoms with E-state index in [0.717, 1.165) is 30.4 Å². The summed E-state index contributed by atoms with van der Waals surface area (Å²) in [5, 5.41) is 3.07. The van der Waals surface area contributed by atoms with Gasteiger partial charge in [-0.05, 0) is 42.9 Å². The zero-order chi connectivity index (χ0) is 19.7. The molecule has 0 N–H and O–H groups in total. The lowest BCUT2D eigenvalue weighted by Gasteiger charge is -2.26. The molecule has 7 heteroatoms. The molecule has 0 unspecified atom stereocenters. The van der Waals surface area contributed by atoms with Gasteiger partial charge in [-0.3, -0.25) is 14.2 Å². The van der Waals surface area contributed by atoms with Crippen LogP contribution in [0.4, 0.5) is 0 Å². The second-order valence-electron chi connectivity index (χ2n) is 7.40. The number of hydrogen-bond donors (Lipinski definition) is 0. The number of carbonyl (C=O) groups excluding carboxylic acids is 1. The molecule has 1 aliphatic carbocycles. The van der Waals surface area contributed by atoms with Crippen LogP contribution in [0.5, 0.6) is 0 Å². The highest BCUT2D eigenvalue weighted by molar-refractivity contribution is 7.17. The summed E-state index contributed by atoms with van der Waals surface area (Å²) in [6, 6.07) is 7.33. The molecule has 4 rings (SSSR count). The van der Waals surface area contributed by atoms with Crippen molar-refractivity contribution < 1.29 is 9.53 Å². The van der Waals surface area contributed by atoms with Gasteiger partial charge in [-0.25, -0.2) is 4.98 Å². The SMILES string of the molecule is C[C@@H]1CCC[C@H](OC(=O)Cn2cnc3scc(-c4ccc(Cl)cc4)c3c2=O)C1. The molecule has 146 valence electrons. The van der Waals surface area contributed by atoms with E-state index in [1.165, 1.54) is 28.7 Å². The van der Waals surface area contributed by atoms with Gasteiger partial charge in [0.2, 0.25) is 0 Å². The van der Waals surface area contributed by atoms with E-state index >= 15 is 0 Å². The van der Waals surface area contributed by atoms with Crippen LogP contribution < -0.4 is 5.56 Å². The van der Waals surface area contributed by atoms with Crippen molar-refractivity contribution >= 4 is 39.1 Å². The normalized spacial score (nSPS) is 19.6. The Bertz CT molecular complexity index is 1060. The number of ether oxygens (including phenoxy) is 1. The maximum absolute atomic E-state index is 13.0. The third-order valence-electron chi connectivity index (χ3n) is 5.20. The van der Waals surface area contributed by atoms with E-state index in [9.17, 15) is 9.59 Å². The lowest BCUT2D eigenvalue weighted by Crippen LogP contribution is -2.30. The molecule has 1 saturated carbocycles. The number of benzene rings is 1. The zero-order valence-corrected chi connectivity index (χ0v) is 17.1. The van der Waals surface area contributed by atoms with Crippen LogP contribution in [0.3, 0.4) is 0 Å². The van der Waals surface area contributed by atoms with Crippen molar-refractivity contribution in [3.05, 3.63) is 51.3 Å². The predicted octanol–water partition coefficient (Wildman–Crippen LogP) is 4.90. The molecule has 0 amide bonds. The van der Waals surface area contributed by atoms with Crippen LogP contribution in [-0.2, 0) is 16.1 Å². The Morgan fingerprint density at radius 2 is 2.11 bits per heavy atom. The van der Waals surface area contributed by atoms with Gasteiger partial charge in [0.15, 0.2) is 0 Å². The smallest absolute Gasteiger partial charge is 0.326 e. The number of esters is 1.